The number of fused-ring (bicyclic) bond motifs is 2. The molecule has 0 unspecified atom stereocenters. The number of carboxylic acids is 1. The number of esters is 2. The van der Waals surface area contributed by atoms with Crippen LogP contribution in [0.15, 0.2) is 30.4 Å². The molecular formula is C21H22NO7-. The van der Waals surface area contributed by atoms with Gasteiger partial charge in [0.25, 0.3) is 0 Å². The second-order valence-corrected chi connectivity index (χ2v) is 7.05. The van der Waals surface area contributed by atoms with Gasteiger partial charge in [-0.3, -0.25) is 4.79 Å². The lowest BCUT2D eigenvalue weighted by Crippen LogP contribution is -2.42. The molecule has 0 aromatic heterocycles. The minimum atomic E-state index is -1.26. The predicted molar refractivity (Wildman–Crippen MR) is 99.7 cm³/mol. The molecule has 0 saturated heterocycles. The highest BCUT2D eigenvalue weighted by molar-refractivity contribution is 6.01. The molecule has 0 heterocycles. The van der Waals surface area contributed by atoms with Crippen LogP contribution in [0.4, 0.5) is 5.69 Å². The van der Waals surface area contributed by atoms with Crippen molar-refractivity contribution in [2.75, 3.05) is 18.5 Å². The second-order valence-electron chi connectivity index (χ2n) is 7.05. The van der Waals surface area contributed by atoms with Gasteiger partial charge in [0.1, 0.15) is 0 Å². The Balaban J connectivity index is 1.88. The number of rotatable bonds is 7. The number of anilines is 1. The van der Waals surface area contributed by atoms with Crippen molar-refractivity contribution in [2.45, 2.75) is 20.3 Å². The van der Waals surface area contributed by atoms with Crippen LogP contribution in [0, 0.1) is 23.7 Å². The molecule has 1 fully saturated rings. The van der Waals surface area contributed by atoms with E-state index in [-0.39, 0.29) is 41.9 Å². The van der Waals surface area contributed by atoms with Gasteiger partial charge in [0, 0.05) is 17.6 Å². The summed E-state index contributed by atoms with van der Waals surface area (Å²) in [6.45, 7) is 3.60. The van der Waals surface area contributed by atoms with Crippen LogP contribution in [-0.2, 0) is 19.1 Å². The van der Waals surface area contributed by atoms with Crippen LogP contribution >= 0.6 is 0 Å². The minimum Gasteiger partial charge on any atom is -0.550 e. The smallest absolute Gasteiger partial charge is 0.338 e. The van der Waals surface area contributed by atoms with E-state index in [9.17, 15) is 24.3 Å². The summed E-state index contributed by atoms with van der Waals surface area (Å²) >= 11 is 0. The molecule has 1 saturated carbocycles. The van der Waals surface area contributed by atoms with Gasteiger partial charge in [0.05, 0.1) is 30.3 Å². The van der Waals surface area contributed by atoms with Crippen molar-refractivity contribution in [3.05, 3.63) is 41.5 Å². The number of aliphatic carboxylic acids is 1. The summed E-state index contributed by atoms with van der Waals surface area (Å²) in [5.41, 5.74) is 0.349. The van der Waals surface area contributed by atoms with Crippen LogP contribution in [0.2, 0.25) is 0 Å². The fourth-order valence-electron chi connectivity index (χ4n) is 4.09. The number of hydrogen-bond donors (Lipinski definition) is 1. The van der Waals surface area contributed by atoms with Gasteiger partial charge in [-0.2, -0.15) is 0 Å². The van der Waals surface area contributed by atoms with E-state index in [0.29, 0.717) is 6.42 Å². The fraction of sp³-hybridized carbons (Fsp3) is 0.429. The van der Waals surface area contributed by atoms with Crippen LogP contribution in [0.25, 0.3) is 0 Å². The molecule has 2 aliphatic rings. The van der Waals surface area contributed by atoms with Crippen molar-refractivity contribution in [1.82, 2.24) is 0 Å². The number of carbonyl (C=O) groups is 4. The van der Waals surface area contributed by atoms with E-state index in [0.717, 1.165) is 0 Å². The Morgan fingerprint density at radius 1 is 0.931 bits per heavy atom. The highest BCUT2D eigenvalue weighted by Crippen LogP contribution is 2.48. The van der Waals surface area contributed by atoms with Gasteiger partial charge in [0.15, 0.2) is 0 Å². The molecule has 0 aliphatic heterocycles. The Morgan fingerprint density at radius 2 is 1.45 bits per heavy atom. The van der Waals surface area contributed by atoms with Gasteiger partial charge in [-0.1, -0.05) is 12.2 Å². The minimum absolute atomic E-state index is 0.0805. The van der Waals surface area contributed by atoms with Gasteiger partial charge < -0.3 is 24.7 Å². The lowest BCUT2D eigenvalue weighted by molar-refractivity contribution is -0.313. The monoisotopic (exact) mass is 400 g/mol. The molecule has 2 aliphatic carbocycles. The zero-order chi connectivity index (χ0) is 21.1. The first-order chi connectivity index (χ1) is 13.8. The number of carboxylic acid groups (broad SMARTS) is 1. The topological polar surface area (TPSA) is 122 Å². The van der Waals surface area contributed by atoms with E-state index in [1.165, 1.54) is 18.2 Å². The van der Waals surface area contributed by atoms with Crippen molar-refractivity contribution in [2.24, 2.45) is 23.7 Å². The average molecular weight is 400 g/mol. The molecule has 0 radical (unpaired) electrons. The lowest BCUT2D eigenvalue weighted by atomic mass is 9.82. The molecule has 3 rings (SSSR count). The number of carbonyl (C=O) groups excluding carboxylic acids is 4. The zero-order valence-electron chi connectivity index (χ0n) is 16.2. The van der Waals surface area contributed by atoms with Gasteiger partial charge >= 0.3 is 11.9 Å². The summed E-state index contributed by atoms with van der Waals surface area (Å²) in [6, 6.07) is 4.10. The van der Waals surface area contributed by atoms with E-state index in [4.69, 9.17) is 9.47 Å². The van der Waals surface area contributed by atoms with Crippen LogP contribution in [0.5, 0.6) is 0 Å². The van der Waals surface area contributed by atoms with Crippen molar-refractivity contribution in [3.63, 3.8) is 0 Å². The quantitative estimate of drug-likeness (QED) is 0.538. The first-order valence-electron chi connectivity index (χ1n) is 9.55. The third kappa shape index (κ3) is 4.16. The third-order valence-electron chi connectivity index (χ3n) is 5.26. The maximum atomic E-state index is 12.9. The normalized spacial score (nSPS) is 24.2. The molecule has 1 aromatic carbocycles. The molecule has 154 valence electrons. The Kier molecular flexibility index (Phi) is 6.00. The molecule has 1 aromatic rings. The summed E-state index contributed by atoms with van der Waals surface area (Å²) < 4.78 is 9.94. The van der Waals surface area contributed by atoms with Gasteiger partial charge in [-0.15, -0.1) is 0 Å². The summed E-state index contributed by atoms with van der Waals surface area (Å²) in [4.78, 5) is 48.7. The Labute approximate surface area is 167 Å². The molecule has 2 bridgehead atoms. The number of allylic oxidation sites excluding steroid dienone is 2. The van der Waals surface area contributed by atoms with E-state index in [1.807, 2.05) is 12.2 Å². The number of benzene rings is 1. The van der Waals surface area contributed by atoms with Crippen molar-refractivity contribution >= 4 is 29.5 Å². The van der Waals surface area contributed by atoms with E-state index in [2.05, 4.69) is 5.32 Å². The van der Waals surface area contributed by atoms with Crippen LogP contribution in [0.3, 0.4) is 0 Å². The molecule has 0 spiro atoms. The van der Waals surface area contributed by atoms with E-state index in [1.54, 1.807) is 13.8 Å². The number of amides is 1. The van der Waals surface area contributed by atoms with Crippen LogP contribution in [0.1, 0.15) is 41.0 Å². The highest BCUT2D eigenvalue weighted by atomic mass is 16.5. The third-order valence-corrected chi connectivity index (χ3v) is 5.26. The second kappa shape index (κ2) is 8.46. The Morgan fingerprint density at radius 3 is 1.93 bits per heavy atom. The molecule has 8 nitrogen and oxygen atoms in total. The SMILES string of the molecule is CCOC(=O)c1cc(NC(=O)[C@H]2[C@@H](C(=O)[O-])[C@H]3C=C[C@@H]2C3)cc(C(=O)OCC)c1. The maximum absolute atomic E-state index is 12.9. The summed E-state index contributed by atoms with van der Waals surface area (Å²) in [5.74, 6) is -5.12. The first-order valence-corrected chi connectivity index (χ1v) is 9.55. The lowest BCUT2D eigenvalue weighted by Gasteiger charge is -2.27. The number of ether oxygens (including phenoxy) is 2. The first kappa shape index (κ1) is 20.6. The average Bonchev–Trinajstić information content (AvgIpc) is 3.29. The molecule has 1 N–H and O–H groups in total. The zero-order valence-corrected chi connectivity index (χ0v) is 16.2. The maximum Gasteiger partial charge on any atom is 0.338 e. The van der Waals surface area contributed by atoms with E-state index < -0.39 is 35.7 Å². The number of nitrogens with one attached hydrogen (secondary N) is 1. The summed E-state index contributed by atoms with van der Waals surface area (Å²) in [7, 11) is 0. The Hall–Kier alpha value is -3.16. The highest BCUT2D eigenvalue weighted by Gasteiger charge is 2.48. The van der Waals surface area contributed by atoms with Crippen molar-refractivity contribution < 1.29 is 33.8 Å². The van der Waals surface area contributed by atoms with E-state index >= 15 is 0 Å². The standard InChI is InChI=1S/C21H23NO7/c1-3-28-20(26)13-8-14(21(27)29-4-2)10-15(9-13)22-18(23)16-11-5-6-12(7-11)17(16)19(24)25/h5-6,8-12,16-17H,3-4,7H2,1-2H3,(H,22,23)(H,24,25)/p-1/t11-,12+,16-,17+/m1/s1. The van der Waals surface area contributed by atoms with Gasteiger partial charge in [0.2, 0.25) is 5.91 Å². The van der Waals surface area contributed by atoms with Gasteiger partial charge in [-0.25, -0.2) is 9.59 Å². The van der Waals surface area contributed by atoms with Crippen LogP contribution < -0.4 is 10.4 Å². The molecular weight excluding hydrogens is 378 g/mol. The van der Waals surface area contributed by atoms with Crippen LogP contribution in [-0.4, -0.2) is 37.0 Å². The van der Waals surface area contributed by atoms with Crippen molar-refractivity contribution in [3.8, 4) is 0 Å². The van der Waals surface area contributed by atoms with Crippen molar-refractivity contribution in [1.29, 1.82) is 0 Å². The molecule has 4 atom stereocenters. The molecule has 1 amide bonds. The number of hydrogen-bond acceptors (Lipinski definition) is 7. The predicted octanol–water partition coefficient (Wildman–Crippen LogP) is 1.17. The summed E-state index contributed by atoms with van der Waals surface area (Å²) in [6.07, 6.45) is 4.26. The molecule has 8 heteroatoms. The van der Waals surface area contributed by atoms with Gasteiger partial charge in [-0.05, 0) is 50.3 Å². The largest absolute Gasteiger partial charge is 0.550 e. The summed E-state index contributed by atoms with van der Waals surface area (Å²) in [5, 5.41) is 14.2. The Bertz CT molecular complexity index is 840. The molecule has 29 heavy (non-hydrogen) atoms. The fourth-order valence-corrected chi connectivity index (χ4v) is 4.09.